The highest BCUT2D eigenvalue weighted by Crippen LogP contribution is 2.19. The molecule has 0 aliphatic carbocycles. The van der Waals surface area contributed by atoms with Gasteiger partial charge in [-0.2, -0.15) is 5.10 Å². The van der Waals surface area contributed by atoms with E-state index in [-0.39, 0.29) is 0 Å². The van der Waals surface area contributed by atoms with Crippen LogP contribution in [0.4, 0.5) is 0 Å². The summed E-state index contributed by atoms with van der Waals surface area (Å²) < 4.78 is 0. The van der Waals surface area contributed by atoms with E-state index in [2.05, 4.69) is 10.5 Å². The van der Waals surface area contributed by atoms with Crippen LogP contribution >= 0.6 is 0 Å². The minimum absolute atomic E-state index is 0.413. The quantitative estimate of drug-likeness (QED) is 0.638. The molecule has 0 bridgehead atoms. The van der Waals surface area contributed by atoms with Gasteiger partial charge in [-0.1, -0.05) is 24.3 Å². The fourth-order valence-electron chi connectivity index (χ4n) is 1.36. The molecular formula is C9H9N3O. The SMILES string of the molecule is NC(=O)C1NN=Cc2ccccc21. The smallest absolute Gasteiger partial charge is 0.246 e. The van der Waals surface area contributed by atoms with Gasteiger partial charge in [-0.05, 0) is 5.56 Å². The van der Waals surface area contributed by atoms with Crippen molar-refractivity contribution in [2.75, 3.05) is 0 Å². The number of carbonyl (C=O) groups is 1. The summed E-state index contributed by atoms with van der Waals surface area (Å²) in [5.74, 6) is -0.413. The molecule has 1 amide bonds. The zero-order chi connectivity index (χ0) is 9.26. The van der Waals surface area contributed by atoms with Gasteiger partial charge in [-0.25, -0.2) is 0 Å². The highest BCUT2D eigenvalue weighted by Gasteiger charge is 2.21. The lowest BCUT2D eigenvalue weighted by Gasteiger charge is -2.19. The maximum Gasteiger partial charge on any atom is 0.246 e. The molecule has 2 rings (SSSR count). The Morgan fingerprint density at radius 3 is 3.00 bits per heavy atom. The first kappa shape index (κ1) is 7.79. The average molecular weight is 175 g/mol. The van der Waals surface area contributed by atoms with Crippen LogP contribution in [0.2, 0.25) is 0 Å². The van der Waals surface area contributed by atoms with Crippen LogP contribution in [0.3, 0.4) is 0 Å². The Hall–Kier alpha value is -1.84. The molecule has 1 aromatic carbocycles. The van der Waals surface area contributed by atoms with Crippen LogP contribution in [-0.2, 0) is 4.79 Å². The lowest BCUT2D eigenvalue weighted by molar-refractivity contribution is -0.120. The van der Waals surface area contributed by atoms with Crippen LogP contribution in [-0.4, -0.2) is 12.1 Å². The molecule has 66 valence electrons. The van der Waals surface area contributed by atoms with Gasteiger partial charge in [-0.3, -0.25) is 10.2 Å². The van der Waals surface area contributed by atoms with Gasteiger partial charge in [0.1, 0.15) is 6.04 Å². The van der Waals surface area contributed by atoms with Crippen LogP contribution in [0.15, 0.2) is 29.4 Å². The van der Waals surface area contributed by atoms with Crippen molar-refractivity contribution in [2.45, 2.75) is 6.04 Å². The molecule has 13 heavy (non-hydrogen) atoms. The number of primary amides is 1. The van der Waals surface area contributed by atoms with Crippen LogP contribution < -0.4 is 11.2 Å². The third kappa shape index (κ3) is 1.26. The number of hydrogen-bond donors (Lipinski definition) is 2. The molecule has 0 saturated carbocycles. The first-order chi connectivity index (χ1) is 6.29. The summed E-state index contributed by atoms with van der Waals surface area (Å²) in [4.78, 5) is 11.0. The molecule has 4 heteroatoms. The van der Waals surface area contributed by atoms with Crippen molar-refractivity contribution in [3.8, 4) is 0 Å². The van der Waals surface area contributed by atoms with Gasteiger partial charge in [0.25, 0.3) is 0 Å². The average Bonchev–Trinajstić information content (AvgIpc) is 2.17. The second-order valence-electron chi connectivity index (χ2n) is 2.85. The highest BCUT2D eigenvalue weighted by molar-refractivity contribution is 5.89. The van der Waals surface area contributed by atoms with E-state index in [9.17, 15) is 4.79 Å². The topological polar surface area (TPSA) is 67.5 Å². The van der Waals surface area contributed by atoms with E-state index in [1.165, 1.54) is 0 Å². The zero-order valence-corrected chi connectivity index (χ0v) is 6.90. The third-order valence-electron chi connectivity index (χ3n) is 2.00. The summed E-state index contributed by atoms with van der Waals surface area (Å²) in [5, 5.41) is 3.85. The molecule has 0 fully saturated rings. The number of fused-ring (bicyclic) bond motifs is 1. The third-order valence-corrected chi connectivity index (χ3v) is 2.00. The molecule has 1 atom stereocenters. The molecule has 1 aromatic rings. The number of nitrogens with two attached hydrogens (primary N) is 1. The predicted octanol–water partition coefficient (Wildman–Crippen LogP) is 0.150. The number of hydrogen-bond acceptors (Lipinski definition) is 3. The van der Waals surface area contributed by atoms with Crippen molar-refractivity contribution in [2.24, 2.45) is 10.8 Å². The molecule has 3 N–H and O–H groups in total. The lowest BCUT2D eigenvalue weighted by Crippen LogP contribution is -2.33. The van der Waals surface area contributed by atoms with Crippen molar-refractivity contribution in [1.82, 2.24) is 5.43 Å². The molecule has 1 unspecified atom stereocenters. The number of benzene rings is 1. The van der Waals surface area contributed by atoms with Crippen molar-refractivity contribution in [3.63, 3.8) is 0 Å². The number of rotatable bonds is 1. The molecular weight excluding hydrogens is 166 g/mol. The van der Waals surface area contributed by atoms with Crippen LogP contribution in [0.1, 0.15) is 17.2 Å². The van der Waals surface area contributed by atoms with E-state index < -0.39 is 11.9 Å². The molecule has 4 nitrogen and oxygen atoms in total. The second-order valence-corrected chi connectivity index (χ2v) is 2.85. The van der Waals surface area contributed by atoms with Gasteiger partial charge >= 0.3 is 0 Å². The number of hydrazone groups is 1. The van der Waals surface area contributed by atoms with Gasteiger partial charge < -0.3 is 5.73 Å². The molecule has 0 radical (unpaired) electrons. The lowest BCUT2D eigenvalue weighted by atomic mass is 10.00. The summed E-state index contributed by atoms with van der Waals surface area (Å²) in [6, 6.07) is 7.03. The Morgan fingerprint density at radius 1 is 1.46 bits per heavy atom. The normalized spacial score (nSPS) is 18.9. The minimum atomic E-state index is -0.499. The van der Waals surface area contributed by atoms with E-state index >= 15 is 0 Å². The molecule has 0 spiro atoms. The van der Waals surface area contributed by atoms with Gasteiger partial charge in [0.2, 0.25) is 5.91 Å². The zero-order valence-electron chi connectivity index (χ0n) is 6.90. The number of nitrogens with zero attached hydrogens (tertiary/aromatic N) is 1. The number of amides is 1. The minimum Gasteiger partial charge on any atom is -0.368 e. The van der Waals surface area contributed by atoms with Crippen molar-refractivity contribution in [3.05, 3.63) is 35.4 Å². The van der Waals surface area contributed by atoms with Gasteiger partial charge in [0, 0.05) is 5.56 Å². The van der Waals surface area contributed by atoms with E-state index in [0.717, 1.165) is 11.1 Å². The fourth-order valence-corrected chi connectivity index (χ4v) is 1.36. The second kappa shape index (κ2) is 2.90. The summed E-state index contributed by atoms with van der Waals surface area (Å²) in [6.07, 6.45) is 1.68. The van der Waals surface area contributed by atoms with Gasteiger partial charge in [0.05, 0.1) is 6.21 Å². The molecule has 1 aliphatic heterocycles. The molecule has 1 aliphatic rings. The molecule has 0 saturated heterocycles. The maximum atomic E-state index is 11.0. The summed E-state index contributed by atoms with van der Waals surface area (Å²) >= 11 is 0. The van der Waals surface area contributed by atoms with E-state index in [0.29, 0.717) is 0 Å². The van der Waals surface area contributed by atoms with Crippen molar-refractivity contribution in [1.29, 1.82) is 0 Å². The first-order valence-electron chi connectivity index (χ1n) is 3.96. The van der Waals surface area contributed by atoms with Crippen molar-refractivity contribution < 1.29 is 4.79 Å². The van der Waals surface area contributed by atoms with Crippen LogP contribution in [0, 0.1) is 0 Å². The summed E-state index contributed by atoms with van der Waals surface area (Å²) in [6.45, 7) is 0. The number of nitrogens with one attached hydrogen (secondary N) is 1. The van der Waals surface area contributed by atoms with Gasteiger partial charge in [-0.15, -0.1) is 0 Å². The largest absolute Gasteiger partial charge is 0.368 e. The summed E-state index contributed by atoms with van der Waals surface area (Å²) in [5.41, 5.74) is 9.69. The molecule has 0 aromatic heterocycles. The van der Waals surface area contributed by atoms with E-state index in [1.807, 2.05) is 24.3 Å². The number of carbonyl (C=O) groups excluding carboxylic acids is 1. The van der Waals surface area contributed by atoms with Crippen molar-refractivity contribution >= 4 is 12.1 Å². The predicted molar refractivity (Wildman–Crippen MR) is 49.1 cm³/mol. The van der Waals surface area contributed by atoms with E-state index in [4.69, 9.17) is 5.73 Å². The van der Waals surface area contributed by atoms with E-state index in [1.54, 1.807) is 6.21 Å². The Balaban J connectivity index is 2.49. The Kier molecular flexibility index (Phi) is 1.73. The molecule has 1 heterocycles. The Morgan fingerprint density at radius 2 is 2.23 bits per heavy atom. The first-order valence-corrected chi connectivity index (χ1v) is 3.96. The highest BCUT2D eigenvalue weighted by atomic mass is 16.1. The van der Waals surface area contributed by atoms with Gasteiger partial charge in [0.15, 0.2) is 0 Å². The monoisotopic (exact) mass is 175 g/mol. The van der Waals surface area contributed by atoms with Crippen LogP contribution in [0.5, 0.6) is 0 Å². The van der Waals surface area contributed by atoms with Crippen LogP contribution in [0.25, 0.3) is 0 Å². The maximum absolute atomic E-state index is 11.0. The fraction of sp³-hybridized carbons (Fsp3) is 0.111. The Bertz CT molecular complexity index is 373. The summed E-state index contributed by atoms with van der Waals surface area (Å²) in [7, 11) is 0. The Labute approximate surface area is 75.4 Å². The standard InChI is InChI=1S/C9H9N3O/c10-9(13)8-7-4-2-1-3-6(7)5-11-12-8/h1-5,8,12H,(H2,10,13).